The topological polar surface area (TPSA) is 43.6 Å². The molecule has 4 nitrogen and oxygen atoms in total. The van der Waals surface area contributed by atoms with Crippen LogP contribution in [0.5, 0.6) is 0 Å². The molecule has 80 valence electrons. The summed E-state index contributed by atoms with van der Waals surface area (Å²) in [7, 11) is 0. The lowest BCUT2D eigenvalue weighted by Crippen LogP contribution is -2.02. The lowest BCUT2D eigenvalue weighted by atomic mass is 10.1. The Morgan fingerprint density at radius 2 is 1.86 bits per heavy atom. The molecule has 1 heterocycles. The van der Waals surface area contributed by atoms with E-state index in [1.165, 1.54) is 32.1 Å². The van der Waals surface area contributed by atoms with Gasteiger partial charge in [-0.3, -0.25) is 4.68 Å². The maximum Gasteiger partial charge on any atom is 0.0427 e. The molecular formula is C9H17N4S-. The first-order valence-corrected chi connectivity index (χ1v) is 5.68. The van der Waals surface area contributed by atoms with E-state index < -0.39 is 0 Å². The lowest BCUT2D eigenvalue weighted by molar-refractivity contribution is 0.492. The van der Waals surface area contributed by atoms with E-state index in [9.17, 15) is 0 Å². The van der Waals surface area contributed by atoms with Crippen LogP contribution >= 0.6 is 0 Å². The Morgan fingerprint density at radius 1 is 1.14 bits per heavy atom. The van der Waals surface area contributed by atoms with Gasteiger partial charge in [0.1, 0.15) is 0 Å². The van der Waals surface area contributed by atoms with Crippen molar-refractivity contribution in [3.05, 3.63) is 0 Å². The summed E-state index contributed by atoms with van der Waals surface area (Å²) in [5.41, 5.74) is 0. The van der Waals surface area contributed by atoms with Gasteiger partial charge in [0.25, 0.3) is 0 Å². The summed E-state index contributed by atoms with van der Waals surface area (Å²) in [5.74, 6) is 0. The smallest absolute Gasteiger partial charge is 0.0427 e. The van der Waals surface area contributed by atoms with Gasteiger partial charge in [-0.15, -0.1) is 5.10 Å². The van der Waals surface area contributed by atoms with Crippen LogP contribution in [0, 0.1) is 0 Å². The van der Waals surface area contributed by atoms with Crippen molar-refractivity contribution in [3.63, 3.8) is 0 Å². The minimum absolute atomic E-state index is 0.499. The molecule has 0 bridgehead atoms. The Kier molecular flexibility index (Phi) is 5.44. The fourth-order valence-electron chi connectivity index (χ4n) is 1.38. The highest BCUT2D eigenvalue weighted by molar-refractivity contribution is 7.58. The van der Waals surface area contributed by atoms with Gasteiger partial charge in [0.2, 0.25) is 0 Å². The highest BCUT2D eigenvalue weighted by Gasteiger charge is 1.94. The van der Waals surface area contributed by atoms with Crippen LogP contribution in [0.4, 0.5) is 0 Å². The molecule has 0 saturated heterocycles. The van der Waals surface area contributed by atoms with Crippen LogP contribution < -0.4 is 0 Å². The molecule has 0 aliphatic heterocycles. The molecule has 0 aliphatic carbocycles. The molecule has 0 spiro atoms. The van der Waals surface area contributed by atoms with E-state index in [-0.39, 0.29) is 0 Å². The molecule has 0 unspecified atom stereocenters. The molecule has 0 aliphatic rings. The monoisotopic (exact) mass is 213 g/mol. The average Bonchev–Trinajstić information content (AvgIpc) is 2.58. The molecule has 0 radical (unpaired) electrons. The van der Waals surface area contributed by atoms with Gasteiger partial charge >= 0.3 is 0 Å². The fraction of sp³-hybridized carbons (Fsp3) is 0.889. The van der Waals surface area contributed by atoms with E-state index in [1.807, 2.05) is 0 Å². The Bertz CT molecular complexity index is 249. The normalized spacial score (nSPS) is 10.6. The zero-order chi connectivity index (χ0) is 10.2. The number of tetrazole rings is 1. The maximum atomic E-state index is 4.93. The van der Waals surface area contributed by atoms with Crippen molar-refractivity contribution in [2.75, 3.05) is 0 Å². The summed E-state index contributed by atoms with van der Waals surface area (Å²) in [6, 6.07) is 0. The highest BCUT2D eigenvalue weighted by Crippen LogP contribution is 2.06. The van der Waals surface area contributed by atoms with Crippen LogP contribution in [0.2, 0.25) is 0 Å². The second-order valence-electron chi connectivity index (χ2n) is 3.45. The van der Waals surface area contributed by atoms with Crippen molar-refractivity contribution in [1.82, 2.24) is 20.2 Å². The van der Waals surface area contributed by atoms with Crippen molar-refractivity contribution in [3.8, 4) is 0 Å². The number of nitrogens with zero attached hydrogens (tertiary/aromatic N) is 4. The first-order chi connectivity index (χ1) is 6.84. The standard InChI is InChI=1S/C9H18N4S/c1-2-3-4-5-6-7-8-13-9(14)10-11-12-13/h2-8H2,1H3,(H,10,12,14)/p-1. The lowest BCUT2D eigenvalue weighted by Gasteiger charge is -2.06. The van der Waals surface area contributed by atoms with Crippen molar-refractivity contribution >= 4 is 12.6 Å². The molecular weight excluding hydrogens is 196 g/mol. The van der Waals surface area contributed by atoms with E-state index in [0.29, 0.717) is 5.16 Å². The van der Waals surface area contributed by atoms with Gasteiger partial charge in [-0.2, -0.15) is 0 Å². The number of hydrogen-bond donors (Lipinski definition) is 0. The van der Waals surface area contributed by atoms with Gasteiger partial charge in [-0.25, -0.2) is 0 Å². The summed E-state index contributed by atoms with van der Waals surface area (Å²) < 4.78 is 1.69. The van der Waals surface area contributed by atoms with E-state index in [4.69, 9.17) is 12.6 Å². The quantitative estimate of drug-likeness (QED) is 0.513. The van der Waals surface area contributed by atoms with Gasteiger partial charge < -0.3 is 12.6 Å². The second-order valence-corrected chi connectivity index (χ2v) is 3.82. The predicted octanol–water partition coefficient (Wildman–Crippen LogP) is 1.94. The number of unbranched alkanes of at least 4 members (excludes halogenated alkanes) is 5. The van der Waals surface area contributed by atoms with Crippen LogP contribution in [0.15, 0.2) is 5.16 Å². The van der Waals surface area contributed by atoms with Crippen LogP contribution in [-0.2, 0) is 19.2 Å². The third-order valence-electron chi connectivity index (χ3n) is 2.22. The molecule has 1 aromatic heterocycles. The predicted molar refractivity (Wildman–Crippen MR) is 56.8 cm³/mol. The van der Waals surface area contributed by atoms with Crippen molar-refractivity contribution in [2.45, 2.75) is 57.1 Å². The summed E-state index contributed by atoms with van der Waals surface area (Å²) in [4.78, 5) is 0. The van der Waals surface area contributed by atoms with Gasteiger partial charge in [-0.05, 0) is 16.8 Å². The van der Waals surface area contributed by atoms with Crippen LogP contribution in [0.3, 0.4) is 0 Å². The first-order valence-electron chi connectivity index (χ1n) is 5.27. The van der Waals surface area contributed by atoms with Crippen LogP contribution in [-0.4, -0.2) is 20.2 Å². The molecule has 0 fully saturated rings. The largest absolute Gasteiger partial charge is 0.739 e. The molecule has 14 heavy (non-hydrogen) atoms. The molecule has 0 aromatic carbocycles. The average molecular weight is 213 g/mol. The molecule has 5 heteroatoms. The van der Waals surface area contributed by atoms with E-state index in [2.05, 4.69) is 22.4 Å². The number of aryl methyl sites for hydroxylation is 1. The molecule has 0 saturated carbocycles. The van der Waals surface area contributed by atoms with Gasteiger partial charge in [0.15, 0.2) is 0 Å². The zero-order valence-electron chi connectivity index (χ0n) is 8.65. The van der Waals surface area contributed by atoms with Crippen molar-refractivity contribution in [2.24, 2.45) is 0 Å². The molecule has 0 N–H and O–H groups in total. The Morgan fingerprint density at radius 3 is 2.50 bits per heavy atom. The second kappa shape index (κ2) is 6.70. The summed E-state index contributed by atoms with van der Waals surface area (Å²) in [6.07, 6.45) is 7.66. The van der Waals surface area contributed by atoms with E-state index in [1.54, 1.807) is 4.68 Å². The molecule has 1 rings (SSSR count). The fourth-order valence-corrected chi connectivity index (χ4v) is 1.54. The number of aromatic nitrogens is 4. The highest BCUT2D eigenvalue weighted by atomic mass is 32.1. The Labute approximate surface area is 90.5 Å². The van der Waals surface area contributed by atoms with Gasteiger partial charge in [0, 0.05) is 11.7 Å². The van der Waals surface area contributed by atoms with E-state index in [0.717, 1.165) is 13.0 Å². The minimum Gasteiger partial charge on any atom is -0.739 e. The Balaban J connectivity index is 2.02. The molecule has 0 amide bonds. The summed E-state index contributed by atoms with van der Waals surface area (Å²) >= 11 is 4.93. The SMILES string of the molecule is CCCCCCCCn1nnnc1[S-]. The third-order valence-corrected chi connectivity index (χ3v) is 2.51. The number of rotatable bonds is 7. The zero-order valence-corrected chi connectivity index (χ0v) is 9.46. The van der Waals surface area contributed by atoms with Crippen molar-refractivity contribution in [1.29, 1.82) is 0 Å². The van der Waals surface area contributed by atoms with Crippen molar-refractivity contribution < 1.29 is 0 Å². The molecule has 0 atom stereocenters. The van der Waals surface area contributed by atoms with Crippen LogP contribution in [0.1, 0.15) is 45.4 Å². The van der Waals surface area contributed by atoms with Gasteiger partial charge in [0.05, 0.1) is 0 Å². The Hall–Kier alpha value is -0.710. The van der Waals surface area contributed by atoms with Crippen LogP contribution in [0.25, 0.3) is 0 Å². The van der Waals surface area contributed by atoms with E-state index >= 15 is 0 Å². The van der Waals surface area contributed by atoms with Gasteiger partial charge in [-0.1, -0.05) is 39.0 Å². The summed E-state index contributed by atoms with van der Waals surface area (Å²) in [5, 5.41) is 11.5. The summed E-state index contributed by atoms with van der Waals surface area (Å²) in [6.45, 7) is 3.09. The first kappa shape index (κ1) is 11.4. The minimum atomic E-state index is 0.499. The molecule has 1 aromatic rings. The number of hydrogen-bond acceptors (Lipinski definition) is 4. The maximum absolute atomic E-state index is 4.93. The third kappa shape index (κ3) is 4.00.